The molecule has 1 aliphatic carbocycles. The quantitative estimate of drug-likeness (QED) is 0.841. The first-order valence-corrected chi connectivity index (χ1v) is 7.00. The molecule has 2 aliphatic rings. The standard InChI is InChI=1S/C16H22O3/c1-9-10(2)14-12(11(3)13(9)17)15(18-4)16(8-19-14)6-5-7-16/h15,17H,5-8H2,1-4H3. The zero-order chi connectivity index (χ0) is 13.8. The summed E-state index contributed by atoms with van der Waals surface area (Å²) >= 11 is 0. The first-order valence-electron chi connectivity index (χ1n) is 7.00. The van der Waals surface area contributed by atoms with Crippen LogP contribution in [0, 0.1) is 26.2 Å². The van der Waals surface area contributed by atoms with Gasteiger partial charge in [0.05, 0.1) is 12.7 Å². The lowest BCUT2D eigenvalue weighted by molar-refractivity contribution is -0.103. The minimum atomic E-state index is 0.0511. The van der Waals surface area contributed by atoms with Gasteiger partial charge in [-0.05, 0) is 44.7 Å². The van der Waals surface area contributed by atoms with Crippen LogP contribution in [0.4, 0.5) is 0 Å². The normalized spacial score (nSPS) is 23.7. The van der Waals surface area contributed by atoms with Gasteiger partial charge in [0.25, 0.3) is 0 Å². The molecule has 3 rings (SSSR count). The molecule has 3 nitrogen and oxygen atoms in total. The highest BCUT2D eigenvalue weighted by molar-refractivity contribution is 5.59. The van der Waals surface area contributed by atoms with E-state index in [9.17, 15) is 5.11 Å². The number of phenolic OH excluding ortho intramolecular Hbond substituents is 1. The number of benzene rings is 1. The van der Waals surface area contributed by atoms with E-state index in [0.29, 0.717) is 5.75 Å². The third-order valence-corrected chi connectivity index (χ3v) is 5.17. The van der Waals surface area contributed by atoms with E-state index >= 15 is 0 Å². The SMILES string of the molecule is COC1c2c(C)c(O)c(C)c(C)c2OCC12CCC2. The number of methoxy groups -OCH3 is 1. The minimum absolute atomic E-state index is 0.0511. The Kier molecular flexibility index (Phi) is 2.79. The zero-order valence-corrected chi connectivity index (χ0v) is 12.2. The molecule has 1 fully saturated rings. The third kappa shape index (κ3) is 1.54. The summed E-state index contributed by atoms with van der Waals surface area (Å²) in [5, 5.41) is 10.3. The van der Waals surface area contributed by atoms with E-state index in [4.69, 9.17) is 9.47 Å². The van der Waals surface area contributed by atoms with Gasteiger partial charge in [0, 0.05) is 23.7 Å². The minimum Gasteiger partial charge on any atom is -0.507 e. The largest absolute Gasteiger partial charge is 0.507 e. The molecule has 104 valence electrons. The molecule has 19 heavy (non-hydrogen) atoms. The van der Waals surface area contributed by atoms with E-state index in [0.717, 1.165) is 47.5 Å². The Bertz CT molecular complexity index is 530. The molecule has 1 atom stereocenters. The summed E-state index contributed by atoms with van der Waals surface area (Å²) in [6, 6.07) is 0. The van der Waals surface area contributed by atoms with Gasteiger partial charge >= 0.3 is 0 Å². The zero-order valence-electron chi connectivity index (χ0n) is 12.2. The van der Waals surface area contributed by atoms with E-state index in [1.54, 1.807) is 7.11 Å². The molecule has 0 radical (unpaired) electrons. The Balaban J connectivity index is 2.21. The maximum atomic E-state index is 10.3. The van der Waals surface area contributed by atoms with Gasteiger partial charge in [-0.2, -0.15) is 0 Å². The fourth-order valence-corrected chi connectivity index (χ4v) is 3.63. The first kappa shape index (κ1) is 12.8. The lowest BCUT2D eigenvalue weighted by Gasteiger charge is -2.50. The van der Waals surface area contributed by atoms with Gasteiger partial charge < -0.3 is 14.6 Å². The van der Waals surface area contributed by atoms with Crippen LogP contribution in [-0.2, 0) is 4.74 Å². The van der Waals surface area contributed by atoms with Crippen molar-refractivity contribution in [2.45, 2.75) is 46.1 Å². The van der Waals surface area contributed by atoms with Gasteiger partial charge in [-0.1, -0.05) is 6.42 Å². The summed E-state index contributed by atoms with van der Waals surface area (Å²) in [5.74, 6) is 1.32. The second kappa shape index (κ2) is 4.14. The van der Waals surface area contributed by atoms with Crippen LogP contribution in [0.25, 0.3) is 0 Å². The molecule has 1 aliphatic heterocycles. The molecular formula is C16H22O3. The van der Waals surface area contributed by atoms with Gasteiger partial charge in [0.1, 0.15) is 11.5 Å². The van der Waals surface area contributed by atoms with E-state index in [1.165, 1.54) is 6.42 Å². The fourth-order valence-electron chi connectivity index (χ4n) is 3.63. The molecule has 1 saturated carbocycles. The highest BCUT2D eigenvalue weighted by Crippen LogP contribution is 2.58. The molecular weight excluding hydrogens is 240 g/mol. The third-order valence-electron chi connectivity index (χ3n) is 5.17. The number of phenols is 1. The Morgan fingerprint density at radius 3 is 2.37 bits per heavy atom. The number of ether oxygens (including phenoxy) is 2. The van der Waals surface area contributed by atoms with Crippen molar-refractivity contribution in [2.24, 2.45) is 5.41 Å². The second-order valence-corrected chi connectivity index (χ2v) is 6.09. The number of fused-ring (bicyclic) bond motifs is 1. The van der Waals surface area contributed by atoms with Crippen molar-refractivity contribution < 1.29 is 14.6 Å². The second-order valence-electron chi connectivity index (χ2n) is 6.09. The summed E-state index contributed by atoms with van der Waals surface area (Å²) in [6.45, 7) is 6.66. The molecule has 0 bridgehead atoms. The fraction of sp³-hybridized carbons (Fsp3) is 0.625. The van der Waals surface area contributed by atoms with Crippen LogP contribution < -0.4 is 4.74 Å². The van der Waals surface area contributed by atoms with Crippen molar-refractivity contribution in [3.63, 3.8) is 0 Å². The van der Waals surface area contributed by atoms with Crippen molar-refractivity contribution >= 4 is 0 Å². The van der Waals surface area contributed by atoms with E-state index in [-0.39, 0.29) is 11.5 Å². The Hall–Kier alpha value is -1.22. The topological polar surface area (TPSA) is 38.7 Å². The van der Waals surface area contributed by atoms with Gasteiger partial charge in [-0.25, -0.2) is 0 Å². The van der Waals surface area contributed by atoms with Crippen LogP contribution in [-0.4, -0.2) is 18.8 Å². The summed E-state index contributed by atoms with van der Waals surface area (Å²) < 4.78 is 11.9. The highest BCUT2D eigenvalue weighted by atomic mass is 16.5. The van der Waals surface area contributed by atoms with Crippen LogP contribution in [0.1, 0.15) is 47.6 Å². The molecule has 0 aromatic heterocycles. The first-order chi connectivity index (χ1) is 9.02. The average Bonchev–Trinajstić information content (AvgIpc) is 2.39. The summed E-state index contributed by atoms with van der Waals surface area (Å²) in [5.41, 5.74) is 4.05. The van der Waals surface area contributed by atoms with Gasteiger partial charge in [0.15, 0.2) is 0 Å². The maximum absolute atomic E-state index is 10.3. The Morgan fingerprint density at radius 2 is 1.84 bits per heavy atom. The summed E-state index contributed by atoms with van der Waals surface area (Å²) in [4.78, 5) is 0. The summed E-state index contributed by atoms with van der Waals surface area (Å²) in [6.07, 6.45) is 3.60. The molecule has 1 unspecified atom stereocenters. The molecule has 1 aromatic carbocycles. The molecule has 0 saturated heterocycles. The van der Waals surface area contributed by atoms with Gasteiger partial charge in [-0.15, -0.1) is 0 Å². The highest BCUT2D eigenvalue weighted by Gasteiger charge is 2.50. The van der Waals surface area contributed by atoms with Gasteiger partial charge in [0.2, 0.25) is 0 Å². The Labute approximate surface area is 114 Å². The molecule has 1 heterocycles. The molecule has 3 heteroatoms. The molecule has 1 aromatic rings. The lowest BCUT2D eigenvalue weighted by atomic mass is 9.62. The van der Waals surface area contributed by atoms with Crippen LogP contribution in [0.3, 0.4) is 0 Å². The molecule has 1 spiro atoms. The number of hydrogen-bond donors (Lipinski definition) is 1. The maximum Gasteiger partial charge on any atom is 0.128 e. The lowest BCUT2D eigenvalue weighted by Crippen LogP contribution is -2.45. The molecule has 0 amide bonds. The smallest absolute Gasteiger partial charge is 0.128 e. The van der Waals surface area contributed by atoms with Crippen LogP contribution in [0.2, 0.25) is 0 Å². The number of hydrogen-bond acceptors (Lipinski definition) is 3. The Morgan fingerprint density at radius 1 is 1.16 bits per heavy atom. The van der Waals surface area contributed by atoms with E-state index < -0.39 is 0 Å². The van der Waals surface area contributed by atoms with Crippen molar-refractivity contribution in [1.82, 2.24) is 0 Å². The van der Waals surface area contributed by atoms with Crippen LogP contribution in [0.15, 0.2) is 0 Å². The van der Waals surface area contributed by atoms with Crippen molar-refractivity contribution in [1.29, 1.82) is 0 Å². The molecule has 1 N–H and O–H groups in total. The van der Waals surface area contributed by atoms with Crippen LogP contribution in [0.5, 0.6) is 11.5 Å². The van der Waals surface area contributed by atoms with Crippen LogP contribution >= 0.6 is 0 Å². The number of rotatable bonds is 1. The average molecular weight is 262 g/mol. The summed E-state index contributed by atoms with van der Waals surface area (Å²) in [7, 11) is 1.77. The van der Waals surface area contributed by atoms with E-state index in [1.807, 2.05) is 20.8 Å². The monoisotopic (exact) mass is 262 g/mol. The van der Waals surface area contributed by atoms with E-state index in [2.05, 4.69) is 0 Å². The number of aromatic hydroxyl groups is 1. The van der Waals surface area contributed by atoms with Crippen molar-refractivity contribution in [3.05, 3.63) is 22.3 Å². The van der Waals surface area contributed by atoms with Crippen molar-refractivity contribution in [3.8, 4) is 11.5 Å². The van der Waals surface area contributed by atoms with Gasteiger partial charge in [-0.3, -0.25) is 0 Å². The predicted molar refractivity (Wildman–Crippen MR) is 73.8 cm³/mol. The predicted octanol–water partition coefficient (Wildman–Crippen LogP) is 3.57. The van der Waals surface area contributed by atoms with Crippen molar-refractivity contribution in [2.75, 3.05) is 13.7 Å².